The summed E-state index contributed by atoms with van der Waals surface area (Å²) in [6.07, 6.45) is 0.641. The molecule has 0 aliphatic rings. The van der Waals surface area contributed by atoms with Gasteiger partial charge in [-0.1, -0.05) is 60.1 Å². The van der Waals surface area contributed by atoms with Gasteiger partial charge in [-0.15, -0.1) is 0 Å². The summed E-state index contributed by atoms with van der Waals surface area (Å²) in [5.74, 6) is 0. The maximum atomic E-state index is 6.05. The van der Waals surface area contributed by atoms with Gasteiger partial charge in [0.2, 0.25) is 0 Å². The lowest BCUT2D eigenvalue weighted by Crippen LogP contribution is -1.98. The number of benzene rings is 2. The van der Waals surface area contributed by atoms with Crippen LogP contribution >= 0.6 is 11.6 Å². The lowest BCUT2D eigenvalue weighted by molar-refractivity contribution is 1.28. The molecule has 17 heavy (non-hydrogen) atoms. The van der Waals surface area contributed by atoms with Crippen LogP contribution in [0.25, 0.3) is 0 Å². The zero-order valence-corrected chi connectivity index (χ0v) is 10.1. The molecule has 2 aromatic carbocycles. The van der Waals surface area contributed by atoms with Crippen LogP contribution in [0.3, 0.4) is 0 Å². The first-order valence-corrected chi connectivity index (χ1v) is 5.79. The Labute approximate surface area is 106 Å². The van der Waals surface area contributed by atoms with Crippen LogP contribution in [0.1, 0.15) is 5.56 Å². The highest BCUT2D eigenvalue weighted by atomic mass is 35.5. The second-order valence-corrected chi connectivity index (χ2v) is 4.06. The third kappa shape index (κ3) is 3.93. The number of para-hydroxylation sites is 1. The van der Waals surface area contributed by atoms with Crippen molar-refractivity contribution < 1.29 is 0 Å². The van der Waals surface area contributed by atoms with Gasteiger partial charge in [-0.3, -0.25) is 5.43 Å². The topological polar surface area (TPSA) is 24.4 Å². The first-order chi connectivity index (χ1) is 8.34. The second-order valence-electron chi connectivity index (χ2n) is 3.63. The molecule has 86 valence electrons. The van der Waals surface area contributed by atoms with Crippen LogP contribution in [-0.4, -0.2) is 5.17 Å². The lowest BCUT2D eigenvalue weighted by Gasteiger charge is -2.01. The Morgan fingerprint density at radius 1 is 0.941 bits per heavy atom. The van der Waals surface area contributed by atoms with E-state index in [-0.39, 0.29) is 0 Å². The molecule has 0 aliphatic heterocycles. The first-order valence-electron chi connectivity index (χ1n) is 5.41. The number of hydrogen-bond acceptors (Lipinski definition) is 2. The van der Waals surface area contributed by atoms with Crippen molar-refractivity contribution in [2.45, 2.75) is 6.42 Å². The van der Waals surface area contributed by atoms with E-state index in [9.17, 15) is 0 Å². The molecular formula is C14H13ClN2. The normalized spacial score (nSPS) is 11.2. The fourth-order valence-electron chi connectivity index (χ4n) is 1.44. The largest absolute Gasteiger partial charge is 0.277 e. The number of rotatable bonds is 4. The smallest absolute Gasteiger partial charge is 0.130 e. The molecule has 1 N–H and O–H groups in total. The molecular weight excluding hydrogens is 232 g/mol. The highest BCUT2D eigenvalue weighted by Crippen LogP contribution is 2.07. The van der Waals surface area contributed by atoms with Gasteiger partial charge in [-0.2, -0.15) is 5.10 Å². The Kier molecular flexibility index (Phi) is 4.17. The molecule has 0 aliphatic carbocycles. The number of nitrogens with one attached hydrogen (secondary N) is 1. The SMILES string of the molecule is Cl/C(Cc1ccccc1)=N\Nc1ccccc1. The van der Waals surface area contributed by atoms with Crippen LogP contribution in [0.5, 0.6) is 0 Å². The highest BCUT2D eigenvalue weighted by Gasteiger charge is 1.97. The molecule has 0 aromatic heterocycles. The standard InChI is InChI=1S/C14H13ClN2/c15-14(11-12-7-3-1-4-8-12)17-16-13-9-5-2-6-10-13/h1-10,16H,11H2/b17-14-. The Bertz CT molecular complexity index is 480. The summed E-state index contributed by atoms with van der Waals surface area (Å²) in [6, 6.07) is 19.8. The van der Waals surface area contributed by atoms with E-state index >= 15 is 0 Å². The fraction of sp³-hybridized carbons (Fsp3) is 0.0714. The minimum atomic E-state index is 0.542. The van der Waals surface area contributed by atoms with E-state index in [1.807, 2.05) is 60.7 Å². The summed E-state index contributed by atoms with van der Waals surface area (Å²) < 4.78 is 0. The molecule has 0 fully saturated rings. The van der Waals surface area contributed by atoms with E-state index in [0.717, 1.165) is 11.3 Å². The molecule has 0 unspecified atom stereocenters. The summed E-state index contributed by atoms with van der Waals surface area (Å²) in [7, 11) is 0. The summed E-state index contributed by atoms with van der Waals surface area (Å²) in [4.78, 5) is 0. The molecule has 2 nitrogen and oxygen atoms in total. The van der Waals surface area contributed by atoms with Gasteiger partial charge in [-0.25, -0.2) is 0 Å². The molecule has 2 rings (SSSR count). The summed E-state index contributed by atoms with van der Waals surface area (Å²) >= 11 is 6.05. The summed E-state index contributed by atoms with van der Waals surface area (Å²) in [6.45, 7) is 0. The molecule has 0 heterocycles. The number of hydrogen-bond donors (Lipinski definition) is 1. The van der Waals surface area contributed by atoms with Crippen molar-refractivity contribution in [3.05, 3.63) is 66.2 Å². The van der Waals surface area contributed by atoms with Gasteiger partial charge in [0.15, 0.2) is 0 Å². The highest BCUT2D eigenvalue weighted by molar-refractivity contribution is 6.65. The summed E-state index contributed by atoms with van der Waals surface area (Å²) in [5.41, 5.74) is 5.00. The molecule has 2 aromatic rings. The Morgan fingerprint density at radius 3 is 2.18 bits per heavy atom. The molecule has 3 heteroatoms. The zero-order valence-electron chi connectivity index (χ0n) is 9.31. The maximum absolute atomic E-state index is 6.05. The quantitative estimate of drug-likeness (QED) is 0.640. The van der Waals surface area contributed by atoms with Gasteiger partial charge in [-0.05, 0) is 17.7 Å². The van der Waals surface area contributed by atoms with Crippen LogP contribution < -0.4 is 5.43 Å². The van der Waals surface area contributed by atoms with Gasteiger partial charge in [0, 0.05) is 6.42 Å². The van der Waals surface area contributed by atoms with Crippen molar-refractivity contribution in [3.8, 4) is 0 Å². The third-order valence-electron chi connectivity index (χ3n) is 2.27. The monoisotopic (exact) mass is 244 g/mol. The molecule has 0 radical (unpaired) electrons. The van der Waals surface area contributed by atoms with Gasteiger partial charge in [0.25, 0.3) is 0 Å². The minimum Gasteiger partial charge on any atom is -0.277 e. The predicted molar refractivity (Wildman–Crippen MR) is 73.5 cm³/mol. The number of halogens is 1. The second kappa shape index (κ2) is 6.06. The Balaban J connectivity index is 1.94. The van der Waals surface area contributed by atoms with Crippen molar-refractivity contribution in [1.82, 2.24) is 0 Å². The average molecular weight is 245 g/mol. The van der Waals surface area contributed by atoms with E-state index in [2.05, 4.69) is 10.5 Å². The zero-order chi connectivity index (χ0) is 11.9. The lowest BCUT2D eigenvalue weighted by atomic mass is 10.2. The van der Waals surface area contributed by atoms with Crippen molar-refractivity contribution in [3.63, 3.8) is 0 Å². The summed E-state index contributed by atoms with van der Waals surface area (Å²) in [5, 5.41) is 4.66. The first kappa shape index (κ1) is 11.7. The van der Waals surface area contributed by atoms with Gasteiger partial charge in [0.05, 0.1) is 5.69 Å². The molecule has 0 saturated heterocycles. The van der Waals surface area contributed by atoms with Crippen molar-refractivity contribution in [2.75, 3.05) is 5.43 Å². The average Bonchev–Trinajstić information content (AvgIpc) is 2.39. The van der Waals surface area contributed by atoms with Crippen LogP contribution in [0.4, 0.5) is 5.69 Å². The Hall–Kier alpha value is -1.80. The van der Waals surface area contributed by atoms with Gasteiger partial charge >= 0.3 is 0 Å². The number of anilines is 1. The Morgan fingerprint density at radius 2 is 1.53 bits per heavy atom. The molecule has 0 amide bonds. The van der Waals surface area contributed by atoms with Gasteiger partial charge < -0.3 is 0 Å². The number of nitrogens with zero attached hydrogens (tertiary/aromatic N) is 1. The van der Waals surface area contributed by atoms with Crippen LogP contribution in [0.2, 0.25) is 0 Å². The van der Waals surface area contributed by atoms with E-state index in [1.165, 1.54) is 0 Å². The predicted octanol–water partition coefficient (Wildman–Crippen LogP) is 3.89. The van der Waals surface area contributed by atoms with Gasteiger partial charge in [0.1, 0.15) is 5.17 Å². The van der Waals surface area contributed by atoms with E-state index in [1.54, 1.807) is 0 Å². The molecule has 0 spiro atoms. The third-order valence-corrected chi connectivity index (χ3v) is 2.49. The molecule has 0 saturated carbocycles. The van der Waals surface area contributed by atoms with Crippen molar-refractivity contribution in [1.29, 1.82) is 0 Å². The van der Waals surface area contributed by atoms with Crippen molar-refractivity contribution in [2.24, 2.45) is 5.10 Å². The number of hydrazone groups is 1. The van der Waals surface area contributed by atoms with E-state index in [0.29, 0.717) is 11.6 Å². The van der Waals surface area contributed by atoms with Crippen LogP contribution in [0, 0.1) is 0 Å². The molecule has 0 bridgehead atoms. The minimum absolute atomic E-state index is 0.542. The maximum Gasteiger partial charge on any atom is 0.130 e. The van der Waals surface area contributed by atoms with E-state index < -0.39 is 0 Å². The molecule has 0 atom stereocenters. The fourth-order valence-corrected chi connectivity index (χ4v) is 1.64. The van der Waals surface area contributed by atoms with Crippen molar-refractivity contribution >= 4 is 22.5 Å². The van der Waals surface area contributed by atoms with Crippen LogP contribution in [0.15, 0.2) is 65.8 Å². The van der Waals surface area contributed by atoms with Crippen LogP contribution in [-0.2, 0) is 6.42 Å². The van der Waals surface area contributed by atoms with E-state index in [4.69, 9.17) is 11.6 Å².